The summed E-state index contributed by atoms with van der Waals surface area (Å²) in [7, 11) is 0. The van der Waals surface area contributed by atoms with Crippen LogP contribution in [0.15, 0.2) is 0 Å². The lowest BCUT2D eigenvalue weighted by Gasteiger charge is -2.24. The molecule has 1 saturated heterocycles. The maximum atomic E-state index is 5.41. The summed E-state index contributed by atoms with van der Waals surface area (Å²) in [6, 6.07) is 0.690. The van der Waals surface area contributed by atoms with Crippen molar-refractivity contribution in [3.63, 3.8) is 0 Å². The van der Waals surface area contributed by atoms with Gasteiger partial charge in [-0.3, -0.25) is 0 Å². The van der Waals surface area contributed by atoms with Gasteiger partial charge in [0.1, 0.15) is 0 Å². The Morgan fingerprint density at radius 2 is 2.18 bits per heavy atom. The fourth-order valence-corrected chi connectivity index (χ4v) is 1.45. The van der Waals surface area contributed by atoms with E-state index in [4.69, 9.17) is 5.73 Å². The lowest BCUT2D eigenvalue weighted by molar-refractivity contribution is 0.390. The van der Waals surface area contributed by atoms with Crippen molar-refractivity contribution in [1.82, 2.24) is 10.6 Å². The summed E-state index contributed by atoms with van der Waals surface area (Å²) in [5, 5.41) is 6.84. The van der Waals surface area contributed by atoms with Crippen LogP contribution in [0.3, 0.4) is 0 Å². The summed E-state index contributed by atoms with van der Waals surface area (Å²) in [6.07, 6.45) is 3.69. The van der Waals surface area contributed by atoms with E-state index in [1.165, 1.54) is 12.8 Å². The van der Waals surface area contributed by atoms with Gasteiger partial charge in [0.15, 0.2) is 0 Å². The van der Waals surface area contributed by atoms with E-state index in [9.17, 15) is 0 Å². The van der Waals surface area contributed by atoms with E-state index in [0.29, 0.717) is 6.04 Å². The molecule has 3 heteroatoms. The molecule has 1 atom stereocenters. The third kappa shape index (κ3) is 3.70. The van der Waals surface area contributed by atoms with Crippen LogP contribution in [-0.4, -0.2) is 32.2 Å². The Bertz CT molecular complexity index is 89.3. The summed E-state index contributed by atoms with van der Waals surface area (Å²) < 4.78 is 0. The maximum Gasteiger partial charge on any atom is 0.0193 e. The molecule has 1 unspecified atom stereocenters. The first-order valence-electron chi connectivity index (χ1n) is 4.57. The van der Waals surface area contributed by atoms with Gasteiger partial charge in [0.05, 0.1) is 0 Å². The smallest absolute Gasteiger partial charge is 0.0193 e. The number of nitrogens with one attached hydrogen (secondary N) is 2. The molecule has 3 nitrogen and oxygen atoms in total. The van der Waals surface area contributed by atoms with Gasteiger partial charge in [-0.2, -0.15) is 0 Å². The third-order valence-corrected chi connectivity index (χ3v) is 2.13. The van der Waals surface area contributed by atoms with Crippen molar-refractivity contribution in [2.75, 3.05) is 26.2 Å². The van der Waals surface area contributed by atoms with Crippen LogP contribution < -0.4 is 16.4 Å². The second-order valence-corrected chi connectivity index (χ2v) is 3.14. The molecule has 66 valence electrons. The molecule has 0 aromatic rings. The highest BCUT2D eigenvalue weighted by Crippen LogP contribution is 2.00. The van der Waals surface area contributed by atoms with Gasteiger partial charge in [-0.05, 0) is 19.4 Å². The van der Waals surface area contributed by atoms with Crippen LogP contribution in [-0.2, 0) is 0 Å². The number of rotatable bonds is 4. The summed E-state index contributed by atoms with van der Waals surface area (Å²) in [4.78, 5) is 0. The summed E-state index contributed by atoms with van der Waals surface area (Å²) >= 11 is 0. The highest BCUT2D eigenvalue weighted by atomic mass is 15.0. The van der Waals surface area contributed by atoms with Crippen LogP contribution in [0, 0.1) is 0 Å². The van der Waals surface area contributed by atoms with Crippen LogP contribution in [0.5, 0.6) is 0 Å². The van der Waals surface area contributed by atoms with E-state index < -0.39 is 0 Å². The predicted octanol–water partition coefficient (Wildman–Crippen LogP) is -0.323. The van der Waals surface area contributed by atoms with Gasteiger partial charge in [-0.1, -0.05) is 6.42 Å². The molecule has 1 aliphatic heterocycles. The Morgan fingerprint density at radius 3 is 2.82 bits per heavy atom. The first-order chi connectivity index (χ1) is 5.43. The number of nitrogens with two attached hydrogens (primary N) is 1. The van der Waals surface area contributed by atoms with Gasteiger partial charge in [-0.15, -0.1) is 0 Å². The van der Waals surface area contributed by atoms with Crippen LogP contribution in [0.1, 0.15) is 19.3 Å². The molecule has 11 heavy (non-hydrogen) atoms. The van der Waals surface area contributed by atoms with Crippen molar-refractivity contribution in [3.8, 4) is 0 Å². The molecule has 0 aromatic heterocycles. The minimum absolute atomic E-state index is 0.690. The number of hydrogen-bond donors (Lipinski definition) is 3. The second kappa shape index (κ2) is 5.52. The number of piperazine rings is 1. The molecule has 0 saturated carbocycles. The zero-order valence-electron chi connectivity index (χ0n) is 7.10. The average molecular weight is 157 g/mol. The van der Waals surface area contributed by atoms with Crippen LogP contribution in [0.25, 0.3) is 0 Å². The minimum atomic E-state index is 0.690. The Morgan fingerprint density at radius 1 is 1.27 bits per heavy atom. The minimum Gasteiger partial charge on any atom is -0.330 e. The van der Waals surface area contributed by atoms with E-state index in [-0.39, 0.29) is 0 Å². The molecule has 0 amide bonds. The molecule has 0 radical (unpaired) electrons. The molecule has 1 aliphatic rings. The normalized spacial score (nSPS) is 25.4. The highest BCUT2D eigenvalue weighted by molar-refractivity contribution is 4.74. The molecule has 1 rings (SSSR count). The Kier molecular flexibility index (Phi) is 4.50. The van der Waals surface area contributed by atoms with Gasteiger partial charge in [-0.25, -0.2) is 0 Å². The Hall–Kier alpha value is -0.120. The van der Waals surface area contributed by atoms with Crippen molar-refractivity contribution in [1.29, 1.82) is 0 Å². The quantitative estimate of drug-likeness (QED) is 0.490. The predicted molar refractivity (Wildman–Crippen MR) is 47.6 cm³/mol. The van der Waals surface area contributed by atoms with Gasteiger partial charge < -0.3 is 16.4 Å². The monoisotopic (exact) mass is 157 g/mol. The molecular formula is C8H19N3. The first kappa shape index (κ1) is 8.97. The van der Waals surface area contributed by atoms with Gasteiger partial charge in [0.25, 0.3) is 0 Å². The number of hydrogen-bond acceptors (Lipinski definition) is 3. The van der Waals surface area contributed by atoms with E-state index >= 15 is 0 Å². The van der Waals surface area contributed by atoms with Crippen molar-refractivity contribution < 1.29 is 0 Å². The van der Waals surface area contributed by atoms with Crippen molar-refractivity contribution >= 4 is 0 Å². The van der Waals surface area contributed by atoms with Crippen molar-refractivity contribution in [2.45, 2.75) is 25.3 Å². The molecule has 0 spiro atoms. The standard InChI is InChI=1S/C8H19N3/c9-4-2-1-3-8-7-10-5-6-11-8/h8,10-11H,1-7,9H2. The molecular weight excluding hydrogens is 138 g/mol. The lowest BCUT2D eigenvalue weighted by Crippen LogP contribution is -2.48. The molecule has 1 fully saturated rings. The summed E-state index contributed by atoms with van der Waals surface area (Å²) in [6.45, 7) is 4.20. The molecule has 4 N–H and O–H groups in total. The SMILES string of the molecule is NCCCCC1CNCCN1. The van der Waals surface area contributed by atoms with Gasteiger partial charge in [0, 0.05) is 25.7 Å². The number of unbranched alkanes of at least 4 members (excludes halogenated alkanes) is 1. The summed E-state index contributed by atoms with van der Waals surface area (Å²) in [5.41, 5.74) is 5.41. The molecule has 1 heterocycles. The Labute approximate surface area is 68.7 Å². The zero-order valence-corrected chi connectivity index (χ0v) is 7.10. The zero-order chi connectivity index (χ0) is 7.94. The fourth-order valence-electron chi connectivity index (χ4n) is 1.45. The van der Waals surface area contributed by atoms with Crippen LogP contribution in [0.4, 0.5) is 0 Å². The van der Waals surface area contributed by atoms with Gasteiger partial charge in [0.2, 0.25) is 0 Å². The van der Waals surface area contributed by atoms with E-state index in [2.05, 4.69) is 10.6 Å². The van der Waals surface area contributed by atoms with Gasteiger partial charge >= 0.3 is 0 Å². The van der Waals surface area contributed by atoms with Crippen LogP contribution >= 0.6 is 0 Å². The van der Waals surface area contributed by atoms with Crippen LogP contribution in [0.2, 0.25) is 0 Å². The average Bonchev–Trinajstić information content (AvgIpc) is 2.07. The highest BCUT2D eigenvalue weighted by Gasteiger charge is 2.10. The molecule has 0 bridgehead atoms. The first-order valence-corrected chi connectivity index (χ1v) is 4.57. The Balaban J connectivity index is 1.96. The van der Waals surface area contributed by atoms with E-state index in [1.54, 1.807) is 0 Å². The molecule has 0 aromatic carbocycles. The van der Waals surface area contributed by atoms with E-state index in [0.717, 1.165) is 32.6 Å². The third-order valence-electron chi connectivity index (χ3n) is 2.13. The molecule has 0 aliphatic carbocycles. The largest absolute Gasteiger partial charge is 0.330 e. The topological polar surface area (TPSA) is 50.1 Å². The van der Waals surface area contributed by atoms with Crippen molar-refractivity contribution in [3.05, 3.63) is 0 Å². The van der Waals surface area contributed by atoms with Crippen molar-refractivity contribution in [2.24, 2.45) is 5.73 Å². The summed E-state index contributed by atoms with van der Waals surface area (Å²) in [5.74, 6) is 0. The lowest BCUT2D eigenvalue weighted by atomic mass is 10.1. The fraction of sp³-hybridized carbons (Fsp3) is 1.00. The second-order valence-electron chi connectivity index (χ2n) is 3.14. The van der Waals surface area contributed by atoms with E-state index in [1.807, 2.05) is 0 Å². The maximum absolute atomic E-state index is 5.41.